The van der Waals surface area contributed by atoms with Gasteiger partial charge in [0.15, 0.2) is 5.82 Å². The number of hydrogen-bond acceptors (Lipinski definition) is 6. The van der Waals surface area contributed by atoms with Crippen LogP contribution in [0, 0.1) is 0 Å². The van der Waals surface area contributed by atoms with Gasteiger partial charge in [-0.1, -0.05) is 12.1 Å². The lowest BCUT2D eigenvalue weighted by Crippen LogP contribution is -2.30. The standard InChI is InChI=1S/C10H19N3O3/c1-3-9-11-10(16-12-9)8-13(4-6-14)5-7-15-2/h14H,3-8H2,1-2H3. The van der Waals surface area contributed by atoms with Gasteiger partial charge >= 0.3 is 0 Å². The zero-order chi connectivity index (χ0) is 11.8. The van der Waals surface area contributed by atoms with Gasteiger partial charge in [0, 0.05) is 26.6 Å². The van der Waals surface area contributed by atoms with Crippen LogP contribution in [0.1, 0.15) is 18.6 Å². The Morgan fingerprint density at radius 3 is 2.81 bits per heavy atom. The van der Waals surface area contributed by atoms with Crippen molar-refractivity contribution in [3.63, 3.8) is 0 Å². The molecule has 1 rings (SSSR count). The second-order valence-corrected chi connectivity index (χ2v) is 3.45. The molecule has 0 spiro atoms. The topological polar surface area (TPSA) is 71.6 Å². The van der Waals surface area contributed by atoms with E-state index in [9.17, 15) is 0 Å². The minimum Gasteiger partial charge on any atom is -0.395 e. The smallest absolute Gasteiger partial charge is 0.240 e. The molecule has 0 saturated carbocycles. The van der Waals surface area contributed by atoms with Crippen LogP contribution in [0.4, 0.5) is 0 Å². The highest BCUT2D eigenvalue weighted by Gasteiger charge is 2.10. The molecular formula is C10H19N3O3. The molecule has 0 atom stereocenters. The largest absolute Gasteiger partial charge is 0.395 e. The normalized spacial score (nSPS) is 11.2. The van der Waals surface area contributed by atoms with E-state index in [0.29, 0.717) is 31.4 Å². The van der Waals surface area contributed by atoms with Crippen LogP contribution < -0.4 is 0 Å². The number of aliphatic hydroxyl groups is 1. The van der Waals surface area contributed by atoms with Gasteiger partial charge in [0.2, 0.25) is 5.89 Å². The minimum atomic E-state index is 0.110. The molecule has 1 heterocycles. The van der Waals surface area contributed by atoms with Gasteiger partial charge in [-0.15, -0.1) is 0 Å². The first-order valence-corrected chi connectivity index (χ1v) is 5.43. The summed E-state index contributed by atoms with van der Waals surface area (Å²) in [5.74, 6) is 1.30. The van der Waals surface area contributed by atoms with E-state index in [1.165, 1.54) is 0 Å². The van der Waals surface area contributed by atoms with E-state index in [-0.39, 0.29) is 6.61 Å². The van der Waals surface area contributed by atoms with Crippen LogP contribution >= 0.6 is 0 Å². The van der Waals surface area contributed by atoms with Crippen LogP contribution in [0.25, 0.3) is 0 Å². The zero-order valence-corrected chi connectivity index (χ0v) is 9.85. The highest BCUT2D eigenvalue weighted by molar-refractivity contribution is 4.85. The highest BCUT2D eigenvalue weighted by Crippen LogP contribution is 2.02. The molecule has 0 amide bonds. The summed E-state index contributed by atoms with van der Waals surface area (Å²) >= 11 is 0. The SMILES string of the molecule is CCc1noc(CN(CCO)CCOC)n1. The Labute approximate surface area is 95.2 Å². The maximum atomic E-state index is 8.92. The molecule has 6 heteroatoms. The number of aryl methyl sites for hydroxylation is 1. The van der Waals surface area contributed by atoms with E-state index in [4.69, 9.17) is 14.4 Å². The quantitative estimate of drug-likeness (QED) is 0.680. The molecule has 0 aromatic carbocycles. The first-order chi connectivity index (χ1) is 7.80. The fourth-order valence-electron chi connectivity index (χ4n) is 1.32. The van der Waals surface area contributed by atoms with Gasteiger partial charge in [-0.25, -0.2) is 0 Å². The van der Waals surface area contributed by atoms with Crippen molar-refractivity contribution >= 4 is 0 Å². The molecule has 16 heavy (non-hydrogen) atoms. The van der Waals surface area contributed by atoms with Crippen LogP contribution in [-0.4, -0.2) is 53.6 Å². The molecule has 92 valence electrons. The van der Waals surface area contributed by atoms with Crippen molar-refractivity contribution in [3.05, 3.63) is 11.7 Å². The Balaban J connectivity index is 2.46. The third kappa shape index (κ3) is 4.26. The highest BCUT2D eigenvalue weighted by atomic mass is 16.5. The number of aliphatic hydroxyl groups excluding tert-OH is 1. The van der Waals surface area contributed by atoms with Gasteiger partial charge in [0.25, 0.3) is 0 Å². The molecule has 0 aliphatic rings. The van der Waals surface area contributed by atoms with Crippen molar-refractivity contribution in [2.75, 3.05) is 33.4 Å². The summed E-state index contributed by atoms with van der Waals surface area (Å²) in [5.41, 5.74) is 0. The van der Waals surface area contributed by atoms with Gasteiger partial charge in [0.05, 0.1) is 19.8 Å². The molecule has 0 bridgehead atoms. The third-order valence-electron chi connectivity index (χ3n) is 2.21. The number of hydrogen-bond donors (Lipinski definition) is 1. The van der Waals surface area contributed by atoms with Crippen molar-refractivity contribution in [2.24, 2.45) is 0 Å². The second-order valence-electron chi connectivity index (χ2n) is 3.45. The fourth-order valence-corrected chi connectivity index (χ4v) is 1.32. The van der Waals surface area contributed by atoms with E-state index >= 15 is 0 Å². The van der Waals surface area contributed by atoms with E-state index in [1.54, 1.807) is 7.11 Å². The molecule has 0 aliphatic carbocycles. The monoisotopic (exact) mass is 229 g/mol. The number of methoxy groups -OCH3 is 1. The lowest BCUT2D eigenvalue weighted by Gasteiger charge is -2.18. The van der Waals surface area contributed by atoms with Crippen LogP contribution in [0.2, 0.25) is 0 Å². The predicted octanol–water partition coefficient (Wildman–Crippen LogP) is 0.0727. The van der Waals surface area contributed by atoms with Crippen LogP contribution in [0.15, 0.2) is 4.52 Å². The Morgan fingerprint density at radius 2 is 2.25 bits per heavy atom. The Morgan fingerprint density at radius 1 is 1.44 bits per heavy atom. The number of aromatic nitrogens is 2. The second kappa shape index (κ2) is 7.32. The van der Waals surface area contributed by atoms with E-state index in [1.807, 2.05) is 11.8 Å². The van der Waals surface area contributed by atoms with Crippen molar-refractivity contribution < 1.29 is 14.4 Å². The summed E-state index contributed by atoms with van der Waals surface area (Å²) in [6.45, 7) is 4.57. The molecule has 1 aromatic heterocycles. The first-order valence-electron chi connectivity index (χ1n) is 5.43. The Hall–Kier alpha value is -0.980. The summed E-state index contributed by atoms with van der Waals surface area (Å²) < 4.78 is 10.1. The zero-order valence-electron chi connectivity index (χ0n) is 9.85. The van der Waals surface area contributed by atoms with Gasteiger partial charge in [-0.2, -0.15) is 4.98 Å². The Kier molecular flexibility index (Phi) is 5.99. The lowest BCUT2D eigenvalue weighted by molar-refractivity contribution is 0.118. The molecule has 0 radical (unpaired) electrons. The van der Waals surface area contributed by atoms with Crippen molar-refractivity contribution in [3.8, 4) is 0 Å². The molecule has 0 saturated heterocycles. The van der Waals surface area contributed by atoms with Crippen LogP contribution in [0.3, 0.4) is 0 Å². The summed E-state index contributed by atoms with van der Waals surface area (Å²) in [6.07, 6.45) is 0.765. The van der Waals surface area contributed by atoms with Gasteiger partial charge in [-0.05, 0) is 0 Å². The maximum absolute atomic E-state index is 8.92. The number of nitrogens with zero attached hydrogens (tertiary/aromatic N) is 3. The third-order valence-corrected chi connectivity index (χ3v) is 2.21. The number of ether oxygens (including phenoxy) is 1. The molecule has 6 nitrogen and oxygen atoms in total. The van der Waals surface area contributed by atoms with Crippen molar-refractivity contribution in [1.82, 2.24) is 15.0 Å². The summed E-state index contributed by atoms with van der Waals surface area (Å²) in [6, 6.07) is 0. The lowest BCUT2D eigenvalue weighted by atomic mass is 10.4. The van der Waals surface area contributed by atoms with E-state index in [2.05, 4.69) is 10.1 Å². The van der Waals surface area contributed by atoms with Crippen molar-refractivity contribution in [1.29, 1.82) is 0 Å². The summed E-state index contributed by atoms with van der Waals surface area (Å²) in [4.78, 5) is 6.23. The maximum Gasteiger partial charge on any atom is 0.240 e. The van der Waals surface area contributed by atoms with E-state index < -0.39 is 0 Å². The first kappa shape index (κ1) is 13.1. The average Bonchev–Trinajstić information content (AvgIpc) is 2.74. The van der Waals surface area contributed by atoms with Crippen LogP contribution in [-0.2, 0) is 17.7 Å². The Bertz CT molecular complexity index is 291. The molecular weight excluding hydrogens is 210 g/mol. The average molecular weight is 229 g/mol. The number of rotatable bonds is 8. The molecule has 0 fully saturated rings. The minimum absolute atomic E-state index is 0.110. The fraction of sp³-hybridized carbons (Fsp3) is 0.800. The molecule has 1 aromatic rings. The molecule has 1 N–H and O–H groups in total. The van der Waals surface area contributed by atoms with E-state index in [0.717, 1.165) is 13.0 Å². The van der Waals surface area contributed by atoms with Crippen LogP contribution in [0.5, 0.6) is 0 Å². The molecule has 0 aliphatic heterocycles. The van der Waals surface area contributed by atoms with Gasteiger partial charge < -0.3 is 14.4 Å². The molecule has 0 unspecified atom stereocenters. The summed E-state index contributed by atoms with van der Waals surface area (Å²) in [7, 11) is 1.65. The van der Waals surface area contributed by atoms with Gasteiger partial charge in [0.1, 0.15) is 0 Å². The van der Waals surface area contributed by atoms with Crippen molar-refractivity contribution in [2.45, 2.75) is 19.9 Å². The predicted molar refractivity (Wildman–Crippen MR) is 57.9 cm³/mol. The van der Waals surface area contributed by atoms with Gasteiger partial charge in [-0.3, -0.25) is 4.90 Å². The summed E-state index contributed by atoms with van der Waals surface area (Å²) in [5, 5.41) is 12.7.